The Hall–Kier alpha value is -0.570. The fourth-order valence-corrected chi connectivity index (χ4v) is 3.13. The number of rotatable bonds is 3. The molecular weight excluding hydrogens is 202 g/mol. The monoisotopic (exact) mass is 225 g/mol. The Morgan fingerprint density at radius 3 is 2.62 bits per heavy atom. The van der Waals surface area contributed by atoms with Gasteiger partial charge in [0.25, 0.3) is 0 Å². The molecule has 0 amide bonds. The molecule has 1 saturated carbocycles. The summed E-state index contributed by atoms with van der Waals surface area (Å²) in [7, 11) is 0. The molecule has 1 aliphatic heterocycles. The van der Waals surface area contributed by atoms with E-state index in [1.165, 1.54) is 25.7 Å². The highest BCUT2D eigenvalue weighted by molar-refractivity contribution is 5.72. The maximum atomic E-state index is 11.0. The van der Waals surface area contributed by atoms with Crippen molar-refractivity contribution in [2.24, 2.45) is 11.8 Å². The Morgan fingerprint density at radius 2 is 2.06 bits per heavy atom. The fourth-order valence-electron chi connectivity index (χ4n) is 3.13. The van der Waals surface area contributed by atoms with Gasteiger partial charge in [0.1, 0.15) is 0 Å². The molecule has 0 bridgehead atoms. The van der Waals surface area contributed by atoms with Gasteiger partial charge in [-0.2, -0.15) is 0 Å². The number of aliphatic carboxylic acids is 1. The third-order valence-corrected chi connectivity index (χ3v) is 4.48. The summed E-state index contributed by atoms with van der Waals surface area (Å²) in [5.74, 6) is 0.194. The van der Waals surface area contributed by atoms with Crippen LogP contribution in [-0.4, -0.2) is 35.1 Å². The molecule has 0 spiro atoms. The van der Waals surface area contributed by atoms with Gasteiger partial charge < -0.3 is 5.11 Å². The molecule has 2 rings (SSSR count). The van der Waals surface area contributed by atoms with Gasteiger partial charge in [-0.1, -0.05) is 13.3 Å². The van der Waals surface area contributed by atoms with Crippen LogP contribution < -0.4 is 0 Å². The summed E-state index contributed by atoms with van der Waals surface area (Å²) in [6.45, 7) is 4.50. The third kappa shape index (κ3) is 2.40. The maximum Gasteiger partial charge on any atom is 0.308 e. The number of carboxylic acid groups (broad SMARTS) is 1. The van der Waals surface area contributed by atoms with Crippen LogP contribution in [0.5, 0.6) is 0 Å². The molecule has 0 aromatic heterocycles. The van der Waals surface area contributed by atoms with E-state index in [0.717, 1.165) is 31.8 Å². The van der Waals surface area contributed by atoms with Crippen LogP contribution in [0.1, 0.15) is 45.4 Å². The molecule has 0 radical (unpaired) electrons. The average Bonchev–Trinajstić information content (AvgIpc) is 2.40. The second-order valence-corrected chi connectivity index (χ2v) is 5.33. The van der Waals surface area contributed by atoms with Crippen LogP contribution in [0.3, 0.4) is 0 Å². The van der Waals surface area contributed by atoms with Gasteiger partial charge in [0.15, 0.2) is 0 Å². The predicted molar refractivity (Wildman–Crippen MR) is 63.4 cm³/mol. The highest BCUT2D eigenvalue weighted by Crippen LogP contribution is 2.34. The van der Waals surface area contributed by atoms with Crippen LogP contribution in [-0.2, 0) is 4.79 Å². The zero-order valence-corrected chi connectivity index (χ0v) is 10.2. The minimum atomic E-state index is -0.590. The van der Waals surface area contributed by atoms with E-state index in [2.05, 4.69) is 11.8 Å². The Labute approximate surface area is 97.8 Å². The third-order valence-electron chi connectivity index (χ3n) is 4.48. The normalized spacial score (nSPS) is 36.4. The smallest absolute Gasteiger partial charge is 0.308 e. The summed E-state index contributed by atoms with van der Waals surface area (Å²) >= 11 is 0. The summed E-state index contributed by atoms with van der Waals surface area (Å²) < 4.78 is 0. The van der Waals surface area contributed by atoms with E-state index < -0.39 is 5.97 Å². The zero-order chi connectivity index (χ0) is 11.5. The first kappa shape index (κ1) is 11.9. The van der Waals surface area contributed by atoms with Crippen LogP contribution in [0.4, 0.5) is 0 Å². The van der Waals surface area contributed by atoms with Crippen LogP contribution in [0, 0.1) is 11.8 Å². The van der Waals surface area contributed by atoms with Crippen molar-refractivity contribution in [2.75, 3.05) is 13.1 Å². The lowest BCUT2D eigenvalue weighted by Crippen LogP contribution is -2.50. The van der Waals surface area contributed by atoms with E-state index in [1.54, 1.807) is 0 Å². The lowest BCUT2D eigenvalue weighted by Gasteiger charge is -2.41. The Morgan fingerprint density at radius 1 is 1.25 bits per heavy atom. The molecule has 1 saturated heterocycles. The highest BCUT2D eigenvalue weighted by atomic mass is 16.4. The molecule has 3 nitrogen and oxygen atoms in total. The molecule has 2 aliphatic rings. The van der Waals surface area contributed by atoms with Crippen LogP contribution in [0.15, 0.2) is 0 Å². The standard InChI is InChI=1S/C13H23NO2/c1-2-10-4-3-8-14(9-7-10)12-6-5-11(12)13(15)16/h10-12H,2-9H2,1H3,(H,15,16). The molecule has 0 aromatic rings. The van der Waals surface area contributed by atoms with Crippen molar-refractivity contribution in [1.82, 2.24) is 4.90 Å². The maximum absolute atomic E-state index is 11.0. The van der Waals surface area contributed by atoms with Crippen molar-refractivity contribution >= 4 is 5.97 Å². The number of hydrogen-bond acceptors (Lipinski definition) is 2. The van der Waals surface area contributed by atoms with Gasteiger partial charge in [-0.3, -0.25) is 9.69 Å². The largest absolute Gasteiger partial charge is 0.481 e. The van der Waals surface area contributed by atoms with Crippen molar-refractivity contribution < 1.29 is 9.90 Å². The Kier molecular flexibility index (Phi) is 3.85. The van der Waals surface area contributed by atoms with Crippen LogP contribution in [0.2, 0.25) is 0 Å². The van der Waals surface area contributed by atoms with Gasteiger partial charge in [0.2, 0.25) is 0 Å². The number of hydrogen-bond donors (Lipinski definition) is 1. The van der Waals surface area contributed by atoms with Gasteiger partial charge in [-0.05, 0) is 51.1 Å². The highest BCUT2D eigenvalue weighted by Gasteiger charge is 2.40. The first-order valence-electron chi connectivity index (χ1n) is 6.69. The van der Waals surface area contributed by atoms with Gasteiger partial charge in [0.05, 0.1) is 5.92 Å². The summed E-state index contributed by atoms with van der Waals surface area (Å²) in [5, 5.41) is 9.08. The van der Waals surface area contributed by atoms with Gasteiger partial charge in [-0.25, -0.2) is 0 Å². The summed E-state index contributed by atoms with van der Waals surface area (Å²) in [6, 6.07) is 0.341. The van der Waals surface area contributed by atoms with E-state index in [1.807, 2.05) is 0 Å². The molecular formula is C13H23NO2. The van der Waals surface area contributed by atoms with Crippen LogP contribution in [0.25, 0.3) is 0 Å². The molecule has 1 N–H and O–H groups in total. The lowest BCUT2D eigenvalue weighted by atomic mass is 9.78. The Bertz CT molecular complexity index is 254. The average molecular weight is 225 g/mol. The Balaban J connectivity index is 1.88. The first-order valence-corrected chi connectivity index (χ1v) is 6.69. The van der Waals surface area contributed by atoms with E-state index in [9.17, 15) is 4.79 Å². The second-order valence-electron chi connectivity index (χ2n) is 5.33. The SMILES string of the molecule is CCC1CCCN(C2CCC2C(=O)O)CC1. The van der Waals surface area contributed by atoms with Gasteiger partial charge >= 0.3 is 5.97 Å². The number of nitrogens with zero attached hydrogens (tertiary/aromatic N) is 1. The fraction of sp³-hybridized carbons (Fsp3) is 0.923. The molecule has 3 atom stereocenters. The van der Waals surface area contributed by atoms with E-state index >= 15 is 0 Å². The number of carbonyl (C=O) groups is 1. The number of likely N-dealkylation sites (tertiary alicyclic amines) is 1. The molecule has 3 heteroatoms. The molecule has 1 heterocycles. The molecule has 3 unspecified atom stereocenters. The van der Waals surface area contributed by atoms with E-state index in [-0.39, 0.29) is 5.92 Å². The molecule has 2 fully saturated rings. The van der Waals surface area contributed by atoms with Crippen LogP contribution >= 0.6 is 0 Å². The minimum absolute atomic E-state index is 0.0850. The minimum Gasteiger partial charge on any atom is -0.481 e. The van der Waals surface area contributed by atoms with E-state index in [4.69, 9.17) is 5.11 Å². The van der Waals surface area contributed by atoms with E-state index in [0.29, 0.717) is 6.04 Å². The topological polar surface area (TPSA) is 40.5 Å². The molecule has 92 valence electrons. The van der Waals surface area contributed by atoms with Gasteiger partial charge in [-0.15, -0.1) is 0 Å². The summed E-state index contributed by atoms with van der Waals surface area (Å²) in [5.41, 5.74) is 0. The van der Waals surface area contributed by atoms with Gasteiger partial charge in [0, 0.05) is 6.04 Å². The van der Waals surface area contributed by atoms with Crippen molar-refractivity contribution in [3.63, 3.8) is 0 Å². The molecule has 0 aromatic carbocycles. The summed E-state index contributed by atoms with van der Waals surface area (Å²) in [6.07, 6.45) is 7.10. The number of carboxylic acids is 1. The molecule has 1 aliphatic carbocycles. The second kappa shape index (κ2) is 5.17. The van der Waals surface area contributed by atoms with Crippen molar-refractivity contribution in [1.29, 1.82) is 0 Å². The lowest BCUT2D eigenvalue weighted by molar-refractivity contribution is -0.148. The first-order chi connectivity index (χ1) is 7.72. The molecule has 16 heavy (non-hydrogen) atoms. The summed E-state index contributed by atoms with van der Waals surface area (Å²) in [4.78, 5) is 13.5. The van der Waals surface area contributed by atoms with Crippen molar-refractivity contribution in [3.8, 4) is 0 Å². The predicted octanol–water partition coefficient (Wildman–Crippen LogP) is 2.36. The van der Waals surface area contributed by atoms with Crippen molar-refractivity contribution in [2.45, 2.75) is 51.5 Å². The quantitative estimate of drug-likeness (QED) is 0.801. The zero-order valence-electron chi connectivity index (χ0n) is 10.2. The van der Waals surface area contributed by atoms with Crippen molar-refractivity contribution in [3.05, 3.63) is 0 Å².